The minimum absolute atomic E-state index is 0.603. The number of hydrogen-bond donors (Lipinski definition) is 1. The number of hydrogen-bond acceptors (Lipinski definition) is 5. The van der Waals surface area contributed by atoms with E-state index in [1.807, 2.05) is 6.92 Å². The van der Waals surface area contributed by atoms with Gasteiger partial charge in [0.05, 0.1) is 0 Å². The molecule has 2 atom stereocenters. The zero-order chi connectivity index (χ0) is 11.0. The van der Waals surface area contributed by atoms with E-state index >= 15 is 0 Å². The first-order valence-electron chi connectivity index (χ1n) is 6.12. The van der Waals surface area contributed by atoms with Crippen LogP contribution in [-0.2, 0) is 0 Å². The van der Waals surface area contributed by atoms with Crippen molar-refractivity contribution in [1.29, 1.82) is 0 Å². The van der Waals surface area contributed by atoms with Gasteiger partial charge in [0.15, 0.2) is 0 Å². The number of aryl methyl sites for hydroxylation is 1. The van der Waals surface area contributed by atoms with E-state index in [4.69, 9.17) is 0 Å². The van der Waals surface area contributed by atoms with Crippen molar-refractivity contribution in [2.45, 2.75) is 44.7 Å². The summed E-state index contributed by atoms with van der Waals surface area (Å²) in [6, 6.07) is 1.42. The second kappa shape index (κ2) is 4.30. The first-order chi connectivity index (χ1) is 7.81. The molecule has 0 aromatic carbocycles. The second-order valence-electron chi connectivity index (χ2n) is 4.84. The molecule has 88 valence electrons. The highest BCUT2D eigenvalue weighted by Gasteiger charge is 2.31. The third-order valence-electron chi connectivity index (χ3n) is 3.68. The predicted molar refractivity (Wildman–Crippen MR) is 65.9 cm³/mol. The highest BCUT2D eigenvalue weighted by molar-refractivity contribution is 7.09. The molecule has 3 heterocycles. The molecule has 2 aliphatic rings. The van der Waals surface area contributed by atoms with Gasteiger partial charge in [-0.25, -0.2) is 4.98 Å². The van der Waals surface area contributed by atoms with Crippen molar-refractivity contribution in [3.05, 3.63) is 5.82 Å². The fourth-order valence-electron chi connectivity index (χ4n) is 2.89. The lowest BCUT2D eigenvalue weighted by Crippen LogP contribution is -2.42. The van der Waals surface area contributed by atoms with Crippen molar-refractivity contribution in [3.8, 4) is 0 Å². The van der Waals surface area contributed by atoms with Gasteiger partial charge in [0, 0.05) is 30.2 Å². The maximum atomic E-state index is 4.37. The molecule has 0 spiro atoms. The van der Waals surface area contributed by atoms with Crippen LogP contribution in [-0.4, -0.2) is 39.4 Å². The predicted octanol–water partition coefficient (Wildman–Crippen LogP) is 1.89. The van der Waals surface area contributed by atoms with E-state index in [0.717, 1.165) is 17.0 Å². The van der Waals surface area contributed by atoms with Gasteiger partial charge in [-0.05, 0) is 39.2 Å². The first-order valence-corrected chi connectivity index (χ1v) is 6.89. The Hall–Kier alpha value is -0.680. The van der Waals surface area contributed by atoms with E-state index in [0.29, 0.717) is 6.04 Å². The highest BCUT2D eigenvalue weighted by Crippen LogP contribution is 2.28. The molecule has 5 heteroatoms. The zero-order valence-corrected chi connectivity index (χ0v) is 10.5. The van der Waals surface area contributed by atoms with Crippen molar-refractivity contribution < 1.29 is 0 Å². The van der Waals surface area contributed by atoms with Crippen molar-refractivity contribution in [1.82, 2.24) is 14.3 Å². The Labute approximate surface area is 100 Å². The van der Waals surface area contributed by atoms with E-state index in [-0.39, 0.29) is 0 Å². The Kier molecular flexibility index (Phi) is 2.81. The summed E-state index contributed by atoms with van der Waals surface area (Å²) >= 11 is 1.48. The molecule has 4 nitrogen and oxygen atoms in total. The van der Waals surface area contributed by atoms with E-state index in [2.05, 4.69) is 19.6 Å². The summed E-state index contributed by atoms with van der Waals surface area (Å²) in [5, 5.41) is 4.53. The molecule has 0 aliphatic carbocycles. The number of fused-ring (bicyclic) bond motifs is 1. The summed E-state index contributed by atoms with van der Waals surface area (Å²) in [7, 11) is 0. The highest BCUT2D eigenvalue weighted by atomic mass is 32.1. The quantitative estimate of drug-likeness (QED) is 0.854. The molecule has 0 radical (unpaired) electrons. The van der Waals surface area contributed by atoms with Crippen LogP contribution in [0.25, 0.3) is 0 Å². The molecule has 0 unspecified atom stereocenters. The van der Waals surface area contributed by atoms with Crippen LogP contribution in [0.5, 0.6) is 0 Å². The topological polar surface area (TPSA) is 41.1 Å². The summed E-state index contributed by atoms with van der Waals surface area (Å²) in [6.07, 6.45) is 5.29. The standard InChI is InChI=1S/C11H18N4S/c1-8-12-11(16-14-8)13-9-4-6-15-5-2-3-10(15)7-9/h9-10H,2-7H2,1H3,(H,12,13,14)/t9-,10+/m1/s1. The molecular formula is C11H18N4S. The normalized spacial score (nSPS) is 30.3. The Morgan fingerprint density at radius 2 is 2.31 bits per heavy atom. The zero-order valence-electron chi connectivity index (χ0n) is 9.65. The lowest BCUT2D eigenvalue weighted by atomic mass is 9.98. The molecule has 3 rings (SSSR count). The molecule has 1 N–H and O–H groups in total. The van der Waals surface area contributed by atoms with Crippen LogP contribution in [0.4, 0.5) is 5.13 Å². The third-order valence-corrected chi connectivity index (χ3v) is 4.41. The van der Waals surface area contributed by atoms with Gasteiger partial charge in [0.2, 0.25) is 5.13 Å². The molecular weight excluding hydrogens is 220 g/mol. The Bertz CT molecular complexity index is 365. The molecule has 2 fully saturated rings. The van der Waals surface area contributed by atoms with Gasteiger partial charge in [-0.2, -0.15) is 4.37 Å². The number of rotatable bonds is 2. The SMILES string of the molecule is Cc1nsc(N[C@@H]2CCN3CCC[C@H]3C2)n1. The van der Waals surface area contributed by atoms with Crippen molar-refractivity contribution in [2.24, 2.45) is 0 Å². The Balaban J connectivity index is 1.60. The summed E-state index contributed by atoms with van der Waals surface area (Å²) in [5.41, 5.74) is 0. The number of aromatic nitrogens is 2. The molecule has 2 saturated heterocycles. The Morgan fingerprint density at radius 3 is 3.12 bits per heavy atom. The number of nitrogens with one attached hydrogen (secondary N) is 1. The molecule has 16 heavy (non-hydrogen) atoms. The smallest absolute Gasteiger partial charge is 0.202 e. The van der Waals surface area contributed by atoms with Crippen LogP contribution in [0.15, 0.2) is 0 Å². The summed E-state index contributed by atoms with van der Waals surface area (Å²) in [6.45, 7) is 4.51. The molecule has 2 aliphatic heterocycles. The maximum absolute atomic E-state index is 4.37. The van der Waals surface area contributed by atoms with Gasteiger partial charge in [-0.15, -0.1) is 0 Å². The minimum Gasteiger partial charge on any atom is -0.357 e. The average molecular weight is 238 g/mol. The van der Waals surface area contributed by atoms with Crippen LogP contribution in [0.3, 0.4) is 0 Å². The monoisotopic (exact) mass is 238 g/mol. The van der Waals surface area contributed by atoms with Crippen molar-refractivity contribution in [2.75, 3.05) is 18.4 Å². The maximum Gasteiger partial charge on any atom is 0.202 e. The number of anilines is 1. The van der Waals surface area contributed by atoms with Crippen LogP contribution < -0.4 is 5.32 Å². The lowest BCUT2D eigenvalue weighted by Gasteiger charge is -2.34. The largest absolute Gasteiger partial charge is 0.357 e. The van der Waals surface area contributed by atoms with Gasteiger partial charge < -0.3 is 10.2 Å². The summed E-state index contributed by atoms with van der Waals surface area (Å²) in [4.78, 5) is 7.02. The van der Waals surface area contributed by atoms with Gasteiger partial charge >= 0.3 is 0 Å². The minimum atomic E-state index is 0.603. The lowest BCUT2D eigenvalue weighted by molar-refractivity contribution is 0.188. The van der Waals surface area contributed by atoms with Crippen LogP contribution in [0.2, 0.25) is 0 Å². The van der Waals surface area contributed by atoms with Crippen LogP contribution >= 0.6 is 11.5 Å². The van der Waals surface area contributed by atoms with Crippen molar-refractivity contribution in [3.63, 3.8) is 0 Å². The van der Waals surface area contributed by atoms with Crippen molar-refractivity contribution >= 4 is 16.7 Å². The van der Waals surface area contributed by atoms with E-state index in [1.165, 1.54) is 50.3 Å². The third kappa shape index (κ3) is 2.06. The molecule has 1 aromatic rings. The fraction of sp³-hybridized carbons (Fsp3) is 0.818. The molecule has 0 amide bonds. The van der Waals surface area contributed by atoms with Gasteiger partial charge in [0.25, 0.3) is 0 Å². The van der Waals surface area contributed by atoms with Gasteiger partial charge in [-0.3, -0.25) is 0 Å². The van der Waals surface area contributed by atoms with Gasteiger partial charge in [0.1, 0.15) is 5.82 Å². The first kappa shape index (κ1) is 10.5. The van der Waals surface area contributed by atoms with Crippen LogP contribution in [0, 0.1) is 6.92 Å². The van der Waals surface area contributed by atoms with E-state index in [9.17, 15) is 0 Å². The summed E-state index contributed by atoms with van der Waals surface area (Å²) in [5.74, 6) is 0.880. The van der Waals surface area contributed by atoms with Crippen LogP contribution in [0.1, 0.15) is 31.5 Å². The Morgan fingerprint density at radius 1 is 1.38 bits per heavy atom. The molecule has 1 aromatic heterocycles. The van der Waals surface area contributed by atoms with Gasteiger partial charge in [-0.1, -0.05) is 0 Å². The fourth-order valence-corrected chi connectivity index (χ4v) is 3.54. The number of piperidine rings is 1. The van der Waals surface area contributed by atoms with E-state index < -0.39 is 0 Å². The molecule has 0 bridgehead atoms. The van der Waals surface area contributed by atoms with E-state index in [1.54, 1.807) is 0 Å². The molecule has 0 saturated carbocycles. The second-order valence-corrected chi connectivity index (χ2v) is 5.60. The average Bonchev–Trinajstić information content (AvgIpc) is 2.87. The number of nitrogens with zero attached hydrogens (tertiary/aromatic N) is 3. The summed E-state index contributed by atoms with van der Waals surface area (Å²) < 4.78 is 4.21.